The standard InChI is InChI=1S/C13H16N2O2S/c1-10-14-8-13(18-10)9-15-11-2-4-12(5-3-11)17-7-6-16/h2-5,8,15-16H,6-7,9H2,1H3. The number of nitrogens with zero attached hydrogens (tertiary/aromatic N) is 1. The van der Waals surface area contributed by atoms with Gasteiger partial charge >= 0.3 is 0 Å². The van der Waals surface area contributed by atoms with Gasteiger partial charge in [0.05, 0.1) is 18.2 Å². The Labute approximate surface area is 110 Å². The van der Waals surface area contributed by atoms with Crippen LogP contribution in [0.5, 0.6) is 5.75 Å². The van der Waals surface area contributed by atoms with Crippen LogP contribution in [0.1, 0.15) is 9.88 Å². The van der Waals surface area contributed by atoms with Crippen LogP contribution in [-0.2, 0) is 6.54 Å². The number of nitrogens with one attached hydrogen (secondary N) is 1. The van der Waals surface area contributed by atoms with Gasteiger partial charge in [-0.3, -0.25) is 0 Å². The number of ether oxygens (including phenoxy) is 1. The molecule has 0 unspecified atom stereocenters. The summed E-state index contributed by atoms with van der Waals surface area (Å²) in [6.07, 6.45) is 1.89. The summed E-state index contributed by atoms with van der Waals surface area (Å²) >= 11 is 1.70. The molecule has 2 rings (SSSR count). The lowest BCUT2D eigenvalue weighted by Crippen LogP contribution is -2.02. The minimum absolute atomic E-state index is 0.0325. The first-order chi connectivity index (χ1) is 8.78. The average molecular weight is 264 g/mol. The third-order valence-electron chi connectivity index (χ3n) is 2.35. The topological polar surface area (TPSA) is 54.4 Å². The van der Waals surface area contributed by atoms with Crippen LogP contribution in [0.3, 0.4) is 0 Å². The number of rotatable bonds is 6. The molecule has 0 amide bonds. The van der Waals surface area contributed by atoms with Crippen molar-refractivity contribution < 1.29 is 9.84 Å². The van der Waals surface area contributed by atoms with Crippen molar-refractivity contribution in [2.45, 2.75) is 13.5 Å². The van der Waals surface area contributed by atoms with Gasteiger partial charge in [0.25, 0.3) is 0 Å². The molecule has 0 saturated carbocycles. The highest BCUT2D eigenvalue weighted by molar-refractivity contribution is 7.11. The van der Waals surface area contributed by atoms with E-state index in [-0.39, 0.29) is 6.61 Å². The molecule has 2 aromatic rings. The van der Waals surface area contributed by atoms with Crippen LogP contribution in [0.4, 0.5) is 5.69 Å². The molecule has 0 bridgehead atoms. The van der Waals surface area contributed by atoms with E-state index in [0.29, 0.717) is 6.61 Å². The number of hydrogen-bond donors (Lipinski definition) is 2. The molecule has 1 aromatic carbocycles. The summed E-state index contributed by atoms with van der Waals surface area (Å²) in [5.41, 5.74) is 1.04. The van der Waals surface area contributed by atoms with Crippen molar-refractivity contribution in [3.05, 3.63) is 40.3 Å². The Morgan fingerprint density at radius 2 is 2.11 bits per heavy atom. The molecule has 1 aromatic heterocycles. The maximum absolute atomic E-state index is 8.65. The molecule has 0 aliphatic carbocycles. The van der Waals surface area contributed by atoms with Crippen LogP contribution < -0.4 is 10.1 Å². The highest BCUT2D eigenvalue weighted by atomic mass is 32.1. The molecule has 5 heteroatoms. The average Bonchev–Trinajstić information content (AvgIpc) is 2.81. The number of benzene rings is 1. The molecule has 0 radical (unpaired) electrons. The zero-order chi connectivity index (χ0) is 12.8. The highest BCUT2D eigenvalue weighted by Crippen LogP contribution is 2.18. The summed E-state index contributed by atoms with van der Waals surface area (Å²) in [5.74, 6) is 0.767. The zero-order valence-corrected chi connectivity index (χ0v) is 11.0. The van der Waals surface area contributed by atoms with Crippen molar-refractivity contribution in [3.8, 4) is 5.75 Å². The van der Waals surface area contributed by atoms with Crippen molar-refractivity contribution in [1.29, 1.82) is 0 Å². The van der Waals surface area contributed by atoms with Crippen LogP contribution in [0, 0.1) is 6.92 Å². The van der Waals surface area contributed by atoms with Crippen molar-refractivity contribution in [3.63, 3.8) is 0 Å². The summed E-state index contributed by atoms with van der Waals surface area (Å²) in [4.78, 5) is 5.43. The van der Waals surface area contributed by atoms with Gasteiger partial charge in [0.2, 0.25) is 0 Å². The van der Waals surface area contributed by atoms with E-state index in [1.165, 1.54) is 4.88 Å². The molecule has 18 heavy (non-hydrogen) atoms. The summed E-state index contributed by atoms with van der Waals surface area (Å²) in [6.45, 7) is 3.14. The van der Waals surface area contributed by atoms with E-state index in [4.69, 9.17) is 9.84 Å². The molecule has 0 spiro atoms. The fourth-order valence-corrected chi connectivity index (χ4v) is 2.24. The van der Waals surface area contributed by atoms with E-state index in [0.717, 1.165) is 23.0 Å². The van der Waals surface area contributed by atoms with Crippen LogP contribution in [0.15, 0.2) is 30.5 Å². The van der Waals surface area contributed by atoms with Gasteiger partial charge in [-0.15, -0.1) is 11.3 Å². The molecule has 2 N–H and O–H groups in total. The van der Waals surface area contributed by atoms with Gasteiger partial charge < -0.3 is 15.2 Å². The lowest BCUT2D eigenvalue weighted by atomic mass is 10.3. The first-order valence-electron chi connectivity index (χ1n) is 5.77. The van der Waals surface area contributed by atoms with Gasteiger partial charge in [-0.25, -0.2) is 4.98 Å². The molecule has 96 valence electrons. The molecular formula is C13H16N2O2S. The van der Waals surface area contributed by atoms with Crippen LogP contribution in [0.2, 0.25) is 0 Å². The largest absolute Gasteiger partial charge is 0.491 e. The molecule has 4 nitrogen and oxygen atoms in total. The van der Waals surface area contributed by atoms with Gasteiger partial charge in [0.1, 0.15) is 12.4 Å². The van der Waals surface area contributed by atoms with E-state index in [9.17, 15) is 0 Å². The second-order valence-corrected chi connectivity index (χ2v) is 5.11. The van der Waals surface area contributed by atoms with E-state index >= 15 is 0 Å². The minimum Gasteiger partial charge on any atom is -0.491 e. The normalized spacial score (nSPS) is 10.3. The number of hydrogen-bond acceptors (Lipinski definition) is 5. The fraction of sp³-hybridized carbons (Fsp3) is 0.308. The quantitative estimate of drug-likeness (QED) is 0.841. The Balaban J connectivity index is 1.86. The summed E-state index contributed by atoms with van der Waals surface area (Å²) in [7, 11) is 0. The third kappa shape index (κ3) is 3.72. The minimum atomic E-state index is 0.0325. The van der Waals surface area contributed by atoms with Gasteiger partial charge in [0.15, 0.2) is 0 Å². The lowest BCUT2D eigenvalue weighted by molar-refractivity contribution is 0.201. The SMILES string of the molecule is Cc1ncc(CNc2ccc(OCCO)cc2)s1. The second kappa shape index (κ2) is 6.37. The smallest absolute Gasteiger partial charge is 0.119 e. The number of aliphatic hydroxyl groups excluding tert-OH is 1. The molecule has 1 heterocycles. The van der Waals surface area contributed by atoms with Gasteiger partial charge in [-0.05, 0) is 31.2 Å². The molecule has 0 aliphatic heterocycles. The number of aryl methyl sites for hydroxylation is 1. The molecule has 0 aliphatic rings. The van der Waals surface area contributed by atoms with E-state index in [1.807, 2.05) is 37.4 Å². The Bertz CT molecular complexity index is 482. The maximum Gasteiger partial charge on any atom is 0.119 e. The zero-order valence-electron chi connectivity index (χ0n) is 10.2. The van der Waals surface area contributed by atoms with Gasteiger partial charge in [-0.1, -0.05) is 0 Å². The number of anilines is 1. The Kier molecular flexibility index (Phi) is 4.55. The van der Waals surface area contributed by atoms with E-state index in [2.05, 4.69) is 10.3 Å². The van der Waals surface area contributed by atoms with Crippen molar-refractivity contribution in [2.75, 3.05) is 18.5 Å². The number of aromatic nitrogens is 1. The summed E-state index contributed by atoms with van der Waals surface area (Å²) in [6, 6.07) is 7.69. The Morgan fingerprint density at radius 3 is 2.72 bits per heavy atom. The van der Waals surface area contributed by atoms with E-state index in [1.54, 1.807) is 11.3 Å². The second-order valence-electron chi connectivity index (χ2n) is 3.80. The lowest BCUT2D eigenvalue weighted by Gasteiger charge is -2.07. The van der Waals surface area contributed by atoms with Gasteiger partial charge in [-0.2, -0.15) is 0 Å². The first-order valence-corrected chi connectivity index (χ1v) is 6.58. The van der Waals surface area contributed by atoms with Crippen LogP contribution in [-0.4, -0.2) is 23.3 Å². The molecular weight excluding hydrogens is 248 g/mol. The van der Waals surface area contributed by atoms with Crippen LogP contribution in [0.25, 0.3) is 0 Å². The monoisotopic (exact) mass is 264 g/mol. The molecule has 0 saturated heterocycles. The van der Waals surface area contributed by atoms with Crippen LogP contribution >= 0.6 is 11.3 Å². The molecule has 0 atom stereocenters. The Hall–Kier alpha value is -1.59. The third-order valence-corrected chi connectivity index (χ3v) is 3.26. The highest BCUT2D eigenvalue weighted by Gasteiger charge is 1.99. The number of thiazole rings is 1. The van der Waals surface area contributed by atoms with Crippen molar-refractivity contribution in [2.24, 2.45) is 0 Å². The summed E-state index contributed by atoms with van der Waals surface area (Å²) in [5, 5.41) is 13.1. The van der Waals surface area contributed by atoms with Gasteiger partial charge in [0, 0.05) is 16.8 Å². The van der Waals surface area contributed by atoms with E-state index < -0.39 is 0 Å². The fourth-order valence-electron chi connectivity index (χ4n) is 1.51. The predicted octanol–water partition coefficient (Wildman–Crippen LogP) is 2.43. The Morgan fingerprint density at radius 1 is 1.33 bits per heavy atom. The van der Waals surface area contributed by atoms with Crippen molar-refractivity contribution >= 4 is 17.0 Å². The predicted molar refractivity (Wildman–Crippen MR) is 73.2 cm³/mol. The molecule has 0 fully saturated rings. The summed E-state index contributed by atoms with van der Waals surface area (Å²) < 4.78 is 5.29. The van der Waals surface area contributed by atoms with Crippen molar-refractivity contribution in [1.82, 2.24) is 4.98 Å². The number of aliphatic hydroxyl groups is 1. The first kappa shape index (κ1) is 12.9. The maximum atomic E-state index is 8.65.